The van der Waals surface area contributed by atoms with Crippen LogP contribution < -0.4 is 0 Å². The van der Waals surface area contributed by atoms with E-state index < -0.39 is 0 Å². The van der Waals surface area contributed by atoms with Crippen LogP contribution in [0.2, 0.25) is 0 Å². The van der Waals surface area contributed by atoms with E-state index in [0.717, 1.165) is 5.92 Å². The molecule has 0 saturated heterocycles. The predicted molar refractivity (Wildman–Crippen MR) is 98.0 cm³/mol. The van der Waals surface area contributed by atoms with Crippen molar-refractivity contribution in [2.24, 2.45) is 17.3 Å². The predicted octanol–water partition coefficient (Wildman–Crippen LogP) is 7.12. The van der Waals surface area contributed by atoms with E-state index >= 15 is 0 Å². The fourth-order valence-electron chi connectivity index (χ4n) is 5.18. The lowest BCUT2D eigenvalue weighted by Gasteiger charge is -2.51. The molecule has 0 amide bonds. The molecule has 0 aromatic heterocycles. The van der Waals surface area contributed by atoms with Crippen molar-refractivity contribution in [3.05, 3.63) is 11.8 Å². The normalized spacial score (nSPS) is 25.2. The van der Waals surface area contributed by atoms with Crippen LogP contribution in [-0.2, 0) is 4.74 Å². The lowest BCUT2D eigenvalue weighted by molar-refractivity contribution is -0.116. The van der Waals surface area contributed by atoms with Gasteiger partial charge in [-0.05, 0) is 56.4 Å². The molecule has 0 aromatic carbocycles. The topological polar surface area (TPSA) is 9.23 Å². The van der Waals surface area contributed by atoms with Crippen LogP contribution in [0.25, 0.3) is 0 Å². The molecule has 0 saturated carbocycles. The van der Waals surface area contributed by atoms with Gasteiger partial charge in [0.15, 0.2) is 0 Å². The Labute approximate surface area is 139 Å². The largest absolute Gasteiger partial charge is 0.494 e. The Morgan fingerprint density at radius 2 is 1.55 bits per heavy atom. The summed E-state index contributed by atoms with van der Waals surface area (Å²) in [5, 5.41) is 0. The Hall–Kier alpha value is -0.460. The highest BCUT2D eigenvalue weighted by Gasteiger charge is 2.58. The van der Waals surface area contributed by atoms with Crippen molar-refractivity contribution in [3.63, 3.8) is 0 Å². The smallest absolute Gasteiger partial charge is 0.121 e. The standard InChI is InChI=1S/C21H40O/c1-8-14-19(11-4)21(15-18(9-2)10-3)20(12-5,13-6)17(7)16-22-21/h16,18-19H,8-15H2,1-7H3. The first-order valence-electron chi connectivity index (χ1n) is 9.86. The van der Waals surface area contributed by atoms with Crippen LogP contribution in [0.15, 0.2) is 11.8 Å². The fourth-order valence-corrected chi connectivity index (χ4v) is 5.18. The Morgan fingerprint density at radius 1 is 0.955 bits per heavy atom. The molecule has 0 N–H and O–H groups in total. The van der Waals surface area contributed by atoms with E-state index in [1.54, 1.807) is 0 Å². The van der Waals surface area contributed by atoms with Gasteiger partial charge in [0.2, 0.25) is 0 Å². The zero-order valence-electron chi connectivity index (χ0n) is 16.3. The van der Waals surface area contributed by atoms with Crippen LogP contribution in [0.3, 0.4) is 0 Å². The first-order valence-corrected chi connectivity index (χ1v) is 9.86. The van der Waals surface area contributed by atoms with Crippen LogP contribution >= 0.6 is 0 Å². The molecule has 1 heterocycles. The second kappa shape index (κ2) is 8.41. The molecule has 2 unspecified atom stereocenters. The summed E-state index contributed by atoms with van der Waals surface area (Å²) in [5.41, 5.74) is 1.76. The maximum atomic E-state index is 6.63. The Morgan fingerprint density at radius 3 is 1.95 bits per heavy atom. The third kappa shape index (κ3) is 3.10. The second-order valence-corrected chi connectivity index (χ2v) is 7.38. The highest BCUT2D eigenvalue weighted by molar-refractivity contribution is 5.25. The van der Waals surface area contributed by atoms with Crippen molar-refractivity contribution in [2.75, 3.05) is 0 Å². The van der Waals surface area contributed by atoms with E-state index in [4.69, 9.17) is 4.74 Å². The minimum atomic E-state index is 0.0298. The average molecular weight is 309 g/mol. The van der Waals surface area contributed by atoms with Crippen molar-refractivity contribution in [3.8, 4) is 0 Å². The highest BCUT2D eigenvalue weighted by Crippen LogP contribution is 2.59. The van der Waals surface area contributed by atoms with Gasteiger partial charge in [0.05, 0.1) is 6.26 Å². The van der Waals surface area contributed by atoms with Crippen LogP contribution in [0.5, 0.6) is 0 Å². The zero-order valence-corrected chi connectivity index (χ0v) is 16.3. The number of hydrogen-bond acceptors (Lipinski definition) is 1. The van der Waals surface area contributed by atoms with Crippen LogP contribution in [0.4, 0.5) is 0 Å². The molecule has 0 aliphatic carbocycles. The lowest BCUT2D eigenvalue weighted by Crippen LogP contribution is -2.53. The molecule has 1 nitrogen and oxygen atoms in total. The SMILES string of the molecule is CCCC(CC)C1(CC(CC)CC)OC=C(C)C1(CC)CC. The summed E-state index contributed by atoms with van der Waals surface area (Å²) in [6.45, 7) is 16.4. The molecule has 2 atom stereocenters. The Kier molecular flexibility index (Phi) is 7.49. The van der Waals surface area contributed by atoms with Gasteiger partial charge in [-0.25, -0.2) is 0 Å². The molecule has 1 rings (SSSR count). The van der Waals surface area contributed by atoms with Crippen LogP contribution in [0.1, 0.15) is 99.8 Å². The van der Waals surface area contributed by atoms with Gasteiger partial charge >= 0.3 is 0 Å². The van der Waals surface area contributed by atoms with E-state index in [9.17, 15) is 0 Å². The summed E-state index contributed by atoms with van der Waals surface area (Å²) in [6.07, 6.45) is 12.1. The number of rotatable bonds is 10. The summed E-state index contributed by atoms with van der Waals surface area (Å²) in [6, 6.07) is 0. The maximum absolute atomic E-state index is 6.63. The zero-order chi connectivity index (χ0) is 16.8. The summed E-state index contributed by atoms with van der Waals surface area (Å²) < 4.78 is 6.63. The molecule has 1 aliphatic rings. The van der Waals surface area contributed by atoms with Gasteiger partial charge in [0, 0.05) is 5.41 Å². The van der Waals surface area contributed by atoms with Gasteiger partial charge in [-0.1, -0.05) is 60.8 Å². The summed E-state index contributed by atoms with van der Waals surface area (Å²) in [4.78, 5) is 0. The van der Waals surface area contributed by atoms with Crippen molar-refractivity contribution >= 4 is 0 Å². The third-order valence-corrected chi connectivity index (χ3v) is 6.75. The van der Waals surface area contributed by atoms with Crippen molar-refractivity contribution < 1.29 is 4.74 Å². The van der Waals surface area contributed by atoms with Crippen LogP contribution in [-0.4, -0.2) is 5.60 Å². The minimum Gasteiger partial charge on any atom is -0.494 e. The molecule has 1 heteroatoms. The second-order valence-electron chi connectivity index (χ2n) is 7.38. The molecule has 0 radical (unpaired) electrons. The number of ether oxygens (including phenoxy) is 1. The quantitative estimate of drug-likeness (QED) is 0.417. The molecular weight excluding hydrogens is 268 g/mol. The monoisotopic (exact) mass is 308 g/mol. The average Bonchev–Trinajstić information content (AvgIpc) is 2.83. The van der Waals surface area contributed by atoms with Crippen LogP contribution in [0, 0.1) is 17.3 Å². The van der Waals surface area contributed by atoms with Crippen molar-refractivity contribution in [1.82, 2.24) is 0 Å². The molecular formula is C21H40O. The van der Waals surface area contributed by atoms with E-state index in [1.807, 2.05) is 0 Å². The summed E-state index contributed by atoms with van der Waals surface area (Å²) >= 11 is 0. The molecule has 1 aliphatic heterocycles. The Bertz CT molecular complexity index is 349. The maximum Gasteiger partial charge on any atom is 0.121 e. The first-order chi connectivity index (χ1) is 10.5. The van der Waals surface area contributed by atoms with Crippen molar-refractivity contribution in [2.45, 2.75) is 105 Å². The molecule has 0 fully saturated rings. The van der Waals surface area contributed by atoms with Gasteiger partial charge in [-0.3, -0.25) is 0 Å². The van der Waals surface area contributed by atoms with E-state index in [0.29, 0.717) is 5.92 Å². The van der Waals surface area contributed by atoms with Gasteiger partial charge in [-0.15, -0.1) is 0 Å². The first kappa shape index (κ1) is 19.6. The molecule has 0 spiro atoms. The van der Waals surface area contributed by atoms with Gasteiger partial charge in [0.25, 0.3) is 0 Å². The van der Waals surface area contributed by atoms with E-state index in [-0.39, 0.29) is 11.0 Å². The summed E-state index contributed by atoms with van der Waals surface area (Å²) in [7, 11) is 0. The highest BCUT2D eigenvalue weighted by atomic mass is 16.5. The van der Waals surface area contributed by atoms with E-state index in [1.165, 1.54) is 56.9 Å². The Balaban J connectivity index is 3.32. The lowest BCUT2D eigenvalue weighted by atomic mass is 9.56. The van der Waals surface area contributed by atoms with Crippen molar-refractivity contribution in [1.29, 1.82) is 0 Å². The molecule has 0 aromatic rings. The van der Waals surface area contributed by atoms with Gasteiger partial charge in [0.1, 0.15) is 5.60 Å². The molecule has 130 valence electrons. The summed E-state index contributed by atoms with van der Waals surface area (Å²) in [5.74, 6) is 1.45. The number of hydrogen-bond donors (Lipinski definition) is 0. The fraction of sp³-hybridized carbons (Fsp3) is 0.905. The molecule has 0 bridgehead atoms. The molecule has 22 heavy (non-hydrogen) atoms. The minimum absolute atomic E-state index is 0.0298. The van der Waals surface area contributed by atoms with E-state index in [2.05, 4.69) is 54.7 Å². The van der Waals surface area contributed by atoms with Gasteiger partial charge in [-0.2, -0.15) is 0 Å². The van der Waals surface area contributed by atoms with Gasteiger partial charge < -0.3 is 4.74 Å². The third-order valence-electron chi connectivity index (χ3n) is 6.75.